The lowest BCUT2D eigenvalue weighted by atomic mass is 9.90. The van der Waals surface area contributed by atoms with Gasteiger partial charge in [0.1, 0.15) is 0 Å². The first kappa shape index (κ1) is 19.0. The monoisotopic (exact) mass is 346 g/mol. The normalized spacial score (nSPS) is 21.0. The largest absolute Gasteiger partial charge is 0.351 e. The summed E-state index contributed by atoms with van der Waals surface area (Å²) in [4.78, 5) is 45.4. The zero-order valence-electron chi connectivity index (χ0n) is 12.8. The Bertz CT molecular complexity index is 403. The first-order chi connectivity index (χ1) is 10.4. The van der Waals surface area contributed by atoms with Crippen molar-refractivity contribution in [3.63, 3.8) is 0 Å². The Hall–Kier alpha value is -1.02. The van der Waals surface area contributed by atoms with Crippen LogP contribution < -0.4 is 10.6 Å². The minimum atomic E-state index is -0.190. The average molecular weight is 346 g/mol. The summed E-state index contributed by atoms with van der Waals surface area (Å²) in [6.45, 7) is 2.85. The molecule has 1 aliphatic rings. The van der Waals surface area contributed by atoms with Crippen LogP contribution in [0.25, 0.3) is 0 Å². The topological polar surface area (TPSA) is 92.3 Å². The Kier molecular flexibility index (Phi) is 8.55. The van der Waals surface area contributed by atoms with E-state index in [2.05, 4.69) is 10.6 Å². The van der Waals surface area contributed by atoms with Crippen molar-refractivity contribution in [3.05, 3.63) is 0 Å². The van der Waals surface area contributed by atoms with E-state index in [-0.39, 0.29) is 45.6 Å². The van der Waals surface area contributed by atoms with Crippen molar-refractivity contribution < 1.29 is 19.2 Å². The zero-order valence-corrected chi connectivity index (χ0v) is 14.5. The van der Waals surface area contributed by atoms with Gasteiger partial charge in [-0.1, -0.05) is 36.4 Å². The molecule has 1 fully saturated rings. The number of nitrogens with one attached hydrogen (secondary N) is 2. The molecule has 0 aromatic carbocycles. The maximum absolute atomic E-state index is 11.8. The molecule has 22 heavy (non-hydrogen) atoms. The molecule has 0 saturated heterocycles. The van der Waals surface area contributed by atoms with E-state index in [1.807, 2.05) is 0 Å². The minimum Gasteiger partial charge on any atom is -0.351 e. The van der Waals surface area contributed by atoms with Crippen LogP contribution in [0.5, 0.6) is 0 Å². The first-order valence-corrected chi connectivity index (χ1v) is 9.21. The molecule has 2 unspecified atom stereocenters. The smallest absolute Gasteiger partial charge is 0.230 e. The van der Waals surface area contributed by atoms with Gasteiger partial charge in [0.2, 0.25) is 11.8 Å². The van der Waals surface area contributed by atoms with E-state index in [0.717, 1.165) is 49.2 Å². The molecule has 2 N–H and O–H groups in total. The van der Waals surface area contributed by atoms with Gasteiger partial charge in [-0.2, -0.15) is 0 Å². The molecule has 2 amide bonds. The molecule has 124 valence electrons. The van der Waals surface area contributed by atoms with E-state index >= 15 is 0 Å². The highest BCUT2D eigenvalue weighted by atomic mass is 32.2. The molecular formula is C14H22N2O4S2. The summed E-state index contributed by atoms with van der Waals surface area (Å²) >= 11 is 1.95. The van der Waals surface area contributed by atoms with Crippen LogP contribution in [-0.4, -0.2) is 45.6 Å². The number of hydrogen-bond acceptors (Lipinski definition) is 6. The fourth-order valence-corrected chi connectivity index (χ4v) is 3.14. The third kappa shape index (κ3) is 7.84. The Morgan fingerprint density at radius 1 is 0.818 bits per heavy atom. The highest BCUT2D eigenvalue weighted by molar-refractivity contribution is 8.14. The van der Waals surface area contributed by atoms with Crippen molar-refractivity contribution in [2.24, 2.45) is 0 Å². The fourth-order valence-electron chi connectivity index (χ4n) is 2.31. The number of thioether (sulfide) groups is 2. The van der Waals surface area contributed by atoms with Crippen molar-refractivity contribution in [2.45, 2.75) is 51.6 Å². The second-order valence-corrected chi connectivity index (χ2v) is 7.50. The molecule has 0 radical (unpaired) electrons. The summed E-state index contributed by atoms with van der Waals surface area (Å²) < 4.78 is 0. The number of amides is 2. The van der Waals surface area contributed by atoms with Crippen LogP contribution in [0.2, 0.25) is 0 Å². The summed E-state index contributed by atoms with van der Waals surface area (Å²) in [5.41, 5.74) is 0. The summed E-state index contributed by atoms with van der Waals surface area (Å²) in [6.07, 6.45) is 3.61. The maximum Gasteiger partial charge on any atom is 0.230 e. The quantitative estimate of drug-likeness (QED) is 0.748. The predicted octanol–water partition coefficient (Wildman–Crippen LogP) is 1.09. The fraction of sp³-hybridized carbons (Fsp3) is 0.714. The molecule has 0 aromatic heterocycles. The molecule has 0 aromatic rings. The van der Waals surface area contributed by atoms with E-state index < -0.39 is 0 Å². The van der Waals surface area contributed by atoms with Crippen LogP contribution in [0, 0.1) is 0 Å². The van der Waals surface area contributed by atoms with Gasteiger partial charge in [0.15, 0.2) is 10.2 Å². The SMILES string of the molecule is CC(=O)SCC(=O)NC1CCCCC1NC(=O)CSC(C)=O. The van der Waals surface area contributed by atoms with Crippen molar-refractivity contribution in [3.8, 4) is 0 Å². The van der Waals surface area contributed by atoms with E-state index in [1.54, 1.807) is 0 Å². The Balaban J connectivity index is 2.45. The summed E-state index contributed by atoms with van der Waals surface area (Å²) in [7, 11) is 0. The highest BCUT2D eigenvalue weighted by Crippen LogP contribution is 2.19. The second-order valence-electron chi connectivity index (χ2n) is 5.19. The van der Waals surface area contributed by atoms with Gasteiger partial charge >= 0.3 is 0 Å². The van der Waals surface area contributed by atoms with Crippen molar-refractivity contribution >= 4 is 45.6 Å². The number of rotatable bonds is 6. The number of carbonyl (C=O) groups is 4. The number of hydrogen-bond donors (Lipinski definition) is 2. The molecule has 1 saturated carbocycles. The average Bonchev–Trinajstić information content (AvgIpc) is 2.45. The lowest BCUT2D eigenvalue weighted by Gasteiger charge is -2.32. The Morgan fingerprint density at radius 2 is 1.18 bits per heavy atom. The van der Waals surface area contributed by atoms with E-state index in [1.165, 1.54) is 13.8 Å². The molecule has 0 bridgehead atoms. The van der Waals surface area contributed by atoms with Gasteiger partial charge < -0.3 is 10.6 Å². The molecule has 0 spiro atoms. The van der Waals surface area contributed by atoms with Gasteiger partial charge in [0, 0.05) is 25.9 Å². The molecule has 1 rings (SSSR count). The molecule has 2 atom stereocenters. The predicted molar refractivity (Wildman–Crippen MR) is 88.6 cm³/mol. The molecule has 0 aliphatic heterocycles. The summed E-state index contributed by atoms with van der Waals surface area (Å²) in [6, 6.07) is -0.222. The van der Waals surface area contributed by atoms with Crippen molar-refractivity contribution in [1.82, 2.24) is 10.6 Å². The van der Waals surface area contributed by atoms with Crippen LogP contribution in [0.3, 0.4) is 0 Å². The zero-order chi connectivity index (χ0) is 16.5. The van der Waals surface area contributed by atoms with Gasteiger partial charge in [-0.15, -0.1) is 0 Å². The van der Waals surface area contributed by atoms with Gasteiger partial charge in [-0.05, 0) is 12.8 Å². The van der Waals surface area contributed by atoms with Crippen LogP contribution in [-0.2, 0) is 19.2 Å². The maximum atomic E-state index is 11.8. The number of carbonyl (C=O) groups excluding carboxylic acids is 4. The van der Waals surface area contributed by atoms with Crippen LogP contribution in [0.1, 0.15) is 39.5 Å². The van der Waals surface area contributed by atoms with Crippen molar-refractivity contribution in [2.75, 3.05) is 11.5 Å². The molecule has 6 nitrogen and oxygen atoms in total. The summed E-state index contributed by atoms with van der Waals surface area (Å²) in [5.74, 6) is -0.173. The van der Waals surface area contributed by atoms with Crippen molar-refractivity contribution in [1.29, 1.82) is 0 Å². The molecule has 8 heteroatoms. The van der Waals surface area contributed by atoms with E-state index in [9.17, 15) is 19.2 Å². The van der Waals surface area contributed by atoms with E-state index in [4.69, 9.17) is 0 Å². The van der Waals surface area contributed by atoms with E-state index in [0.29, 0.717) is 0 Å². The lowest BCUT2D eigenvalue weighted by Crippen LogP contribution is -2.53. The van der Waals surface area contributed by atoms with Gasteiger partial charge in [0.25, 0.3) is 0 Å². The lowest BCUT2D eigenvalue weighted by molar-refractivity contribution is -0.122. The third-order valence-electron chi connectivity index (χ3n) is 3.27. The minimum absolute atomic E-state index is 0.0927. The first-order valence-electron chi connectivity index (χ1n) is 7.24. The Morgan fingerprint density at radius 3 is 1.50 bits per heavy atom. The standard InChI is InChI=1S/C14H22N2O4S2/c1-9(17)21-7-13(19)15-11-5-3-4-6-12(11)16-14(20)8-22-10(2)18/h11-12H,3-8H2,1-2H3,(H,15,19)(H,16,20). The molecular weight excluding hydrogens is 324 g/mol. The van der Waals surface area contributed by atoms with Crippen LogP contribution in [0.4, 0.5) is 0 Å². The van der Waals surface area contributed by atoms with Crippen LogP contribution >= 0.6 is 23.5 Å². The summed E-state index contributed by atoms with van der Waals surface area (Å²) in [5, 5.41) is 5.60. The van der Waals surface area contributed by atoms with Gasteiger partial charge in [-0.3, -0.25) is 19.2 Å². The molecule has 0 heterocycles. The van der Waals surface area contributed by atoms with Gasteiger partial charge in [0.05, 0.1) is 11.5 Å². The second kappa shape index (κ2) is 9.89. The Labute approximate surface area is 138 Å². The molecule has 1 aliphatic carbocycles. The van der Waals surface area contributed by atoms with Crippen LogP contribution in [0.15, 0.2) is 0 Å². The van der Waals surface area contributed by atoms with Gasteiger partial charge in [-0.25, -0.2) is 0 Å². The highest BCUT2D eigenvalue weighted by Gasteiger charge is 2.27. The third-order valence-corrected chi connectivity index (χ3v) is 4.90.